The molecule has 1 fully saturated rings. The summed E-state index contributed by atoms with van der Waals surface area (Å²) in [5, 5.41) is 0.354. The molecule has 0 spiro atoms. The molecule has 0 amide bonds. The minimum Gasteiger partial charge on any atom is -0.416 e. The molecular formula is C33H66O4Si3. The van der Waals surface area contributed by atoms with Crippen LogP contribution < -0.4 is 0 Å². The number of rotatable bonds is 8. The third-order valence-corrected chi connectivity index (χ3v) is 25.8. The lowest BCUT2D eigenvalue weighted by Crippen LogP contribution is -2.62. The molecule has 0 radical (unpaired) electrons. The fourth-order valence-corrected chi connectivity index (χ4v) is 10.0. The van der Waals surface area contributed by atoms with Crippen molar-refractivity contribution in [1.82, 2.24) is 0 Å². The van der Waals surface area contributed by atoms with E-state index >= 15 is 0 Å². The average molecular weight is 611 g/mol. The number of carbonyl (C=O) groups is 1. The van der Waals surface area contributed by atoms with Crippen LogP contribution in [0.25, 0.3) is 0 Å². The summed E-state index contributed by atoms with van der Waals surface area (Å²) in [5.74, 6) is 0.229. The quantitative estimate of drug-likeness (QED) is 0.203. The summed E-state index contributed by atoms with van der Waals surface area (Å²) >= 11 is 0. The Morgan fingerprint density at radius 3 is 1.68 bits per heavy atom. The first-order valence-corrected chi connectivity index (χ1v) is 24.5. The number of aldehydes is 1. The Morgan fingerprint density at radius 1 is 0.800 bits per heavy atom. The van der Waals surface area contributed by atoms with Gasteiger partial charge in [-0.2, -0.15) is 0 Å². The molecule has 40 heavy (non-hydrogen) atoms. The topological polar surface area (TPSA) is 44.8 Å². The van der Waals surface area contributed by atoms with Gasteiger partial charge in [-0.1, -0.05) is 76.2 Å². The average Bonchev–Trinajstić information content (AvgIpc) is 2.74. The lowest BCUT2D eigenvalue weighted by Gasteiger charge is -2.61. The third kappa shape index (κ3) is 6.69. The molecule has 4 nitrogen and oxygen atoms in total. The van der Waals surface area contributed by atoms with Crippen molar-refractivity contribution in [3.63, 3.8) is 0 Å². The largest absolute Gasteiger partial charge is 0.416 e. The fraction of sp³-hybridized carbons (Fsp3) is 0.909. The van der Waals surface area contributed by atoms with Crippen LogP contribution in [0.5, 0.6) is 0 Å². The van der Waals surface area contributed by atoms with Crippen LogP contribution in [0.15, 0.2) is 11.1 Å². The SMILES string of the molecule is CC1=C(C=O)[C@]2(C)CC[C@@H](O[Si](C)(C)C(C)(C)C)[C@](C)(CO[Si](C)(C)C(C)(C)C)[C@H]2C[C@H]1O[Si](C)(C)C(C)(C)C. The number of fused-ring (bicyclic) bond motifs is 1. The standard InChI is InChI=1S/C33H66O4Si3/c1-24-25(22-34)32(11)20-19-28(37-40(17,18)31(8,9)10)33(12,23-35-38(13,14)29(2,3)4)27(32)21-26(24)36-39(15,16)30(5,6)7/h22,26-28H,19-21,23H2,1-18H3/t26-,27+,28-,32+,33-/m1/s1. The Kier molecular flexibility index (Phi) is 10.1. The van der Waals surface area contributed by atoms with Gasteiger partial charge in [-0.3, -0.25) is 4.79 Å². The van der Waals surface area contributed by atoms with Crippen LogP contribution in [0, 0.1) is 16.7 Å². The predicted octanol–water partition coefficient (Wildman–Crippen LogP) is 10.1. The highest BCUT2D eigenvalue weighted by Crippen LogP contribution is 2.62. The van der Waals surface area contributed by atoms with Gasteiger partial charge in [-0.05, 0) is 103 Å². The maximum Gasteiger partial charge on any atom is 0.192 e. The Labute approximate surface area is 252 Å². The Bertz CT molecular complexity index is 964. The first-order chi connectivity index (χ1) is 17.6. The molecule has 0 N–H and O–H groups in total. The van der Waals surface area contributed by atoms with E-state index in [0.717, 1.165) is 36.7 Å². The van der Waals surface area contributed by atoms with E-state index in [4.69, 9.17) is 13.3 Å². The van der Waals surface area contributed by atoms with E-state index in [1.165, 1.54) is 0 Å². The van der Waals surface area contributed by atoms with Gasteiger partial charge in [0, 0.05) is 12.0 Å². The molecule has 7 heteroatoms. The summed E-state index contributed by atoms with van der Waals surface area (Å²) in [6.45, 7) is 42.6. The van der Waals surface area contributed by atoms with E-state index in [0.29, 0.717) is 6.61 Å². The second-order valence-corrected chi connectivity index (χ2v) is 32.6. The van der Waals surface area contributed by atoms with Gasteiger partial charge in [0.05, 0.1) is 12.2 Å². The summed E-state index contributed by atoms with van der Waals surface area (Å²) in [6, 6.07) is 0. The molecule has 0 saturated heterocycles. The van der Waals surface area contributed by atoms with E-state index in [9.17, 15) is 4.79 Å². The molecule has 2 aliphatic rings. The Hall–Kier alpha value is -0.0594. The molecule has 2 rings (SSSR count). The minimum atomic E-state index is -2.06. The molecule has 0 aromatic rings. The van der Waals surface area contributed by atoms with E-state index in [1.807, 2.05) is 0 Å². The van der Waals surface area contributed by atoms with Crippen molar-refractivity contribution in [2.75, 3.05) is 6.61 Å². The van der Waals surface area contributed by atoms with Crippen LogP contribution >= 0.6 is 0 Å². The van der Waals surface area contributed by atoms with Crippen molar-refractivity contribution in [2.45, 2.75) is 169 Å². The lowest BCUT2D eigenvalue weighted by molar-refractivity contribution is -0.129. The molecule has 0 aromatic carbocycles. The van der Waals surface area contributed by atoms with Crippen LogP contribution in [0.2, 0.25) is 54.4 Å². The Balaban J connectivity index is 2.69. The van der Waals surface area contributed by atoms with Gasteiger partial charge in [-0.25, -0.2) is 0 Å². The molecule has 0 bridgehead atoms. The van der Waals surface area contributed by atoms with Crippen molar-refractivity contribution >= 4 is 31.2 Å². The lowest BCUT2D eigenvalue weighted by atomic mass is 9.49. The highest BCUT2D eigenvalue weighted by Gasteiger charge is 2.60. The molecule has 0 aliphatic heterocycles. The number of hydrogen-bond acceptors (Lipinski definition) is 4. The summed E-state index contributed by atoms with van der Waals surface area (Å²) in [6.07, 6.45) is 4.04. The van der Waals surface area contributed by atoms with Crippen LogP contribution in [-0.4, -0.2) is 50.1 Å². The molecule has 1 saturated carbocycles. The number of hydrogen-bond donors (Lipinski definition) is 0. The van der Waals surface area contributed by atoms with Crippen LogP contribution in [0.1, 0.15) is 102 Å². The van der Waals surface area contributed by atoms with E-state index < -0.39 is 25.0 Å². The third-order valence-electron chi connectivity index (χ3n) is 12.4. The molecule has 234 valence electrons. The first-order valence-electron chi connectivity index (χ1n) is 15.7. The smallest absolute Gasteiger partial charge is 0.192 e. The van der Waals surface area contributed by atoms with Crippen LogP contribution in [-0.2, 0) is 18.1 Å². The first kappa shape index (κ1) is 36.1. The van der Waals surface area contributed by atoms with Crippen LogP contribution in [0.4, 0.5) is 0 Å². The minimum absolute atomic E-state index is 0.0435. The van der Waals surface area contributed by atoms with Crippen molar-refractivity contribution in [1.29, 1.82) is 0 Å². The van der Waals surface area contributed by atoms with Gasteiger partial charge in [0.25, 0.3) is 0 Å². The zero-order chi connectivity index (χ0) is 31.5. The predicted molar refractivity (Wildman–Crippen MR) is 180 cm³/mol. The number of allylic oxidation sites excluding steroid dienone is 1. The monoisotopic (exact) mass is 610 g/mol. The molecule has 2 aliphatic carbocycles. The van der Waals surface area contributed by atoms with Crippen molar-refractivity contribution in [3.05, 3.63) is 11.1 Å². The Morgan fingerprint density at radius 2 is 1.25 bits per heavy atom. The van der Waals surface area contributed by atoms with Gasteiger partial charge in [0.1, 0.15) is 6.29 Å². The van der Waals surface area contributed by atoms with Crippen LogP contribution in [0.3, 0.4) is 0 Å². The highest BCUT2D eigenvalue weighted by atomic mass is 28.4. The maximum absolute atomic E-state index is 12.9. The van der Waals surface area contributed by atoms with Gasteiger partial charge in [0.15, 0.2) is 25.0 Å². The normalized spacial score (nSPS) is 31.3. The second kappa shape index (κ2) is 11.1. The zero-order valence-electron chi connectivity index (χ0n) is 29.8. The van der Waals surface area contributed by atoms with E-state index in [2.05, 4.69) is 122 Å². The number of carbonyl (C=O) groups excluding carboxylic acids is 1. The molecule has 0 heterocycles. The second-order valence-electron chi connectivity index (χ2n) is 18.2. The van der Waals surface area contributed by atoms with Crippen molar-refractivity contribution in [3.8, 4) is 0 Å². The van der Waals surface area contributed by atoms with Crippen molar-refractivity contribution in [2.24, 2.45) is 16.7 Å². The summed E-state index contributed by atoms with van der Waals surface area (Å²) in [4.78, 5) is 12.9. The highest BCUT2D eigenvalue weighted by molar-refractivity contribution is 6.75. The molecule has 0 unspecified atom stereocenters. The van der Waals surface area contributed by atoms with Gasteiger partial charge in [-0.15, -0.1) is 0 Å². The fourth-order valence-electron chi connectivity index (χ4n) is 6.12. The van der Waals surface area contributed by atoms with E-state index in [1.54, 1.807) is 0 Å². The summed E-state index contributed by atoms with van der Waals surface area (Å²) in [7, 11) is -6.11. The molecular weight excluding hydrogens is 545 g/mol. The van der Waals surface area contributed by atoms with Gasteiger partial charge >= 0.3 is 0 Å². The molecule has 0 aromatic heterocycles. The zero-order valence-corrected chi connectivity index (χ0v) is 32.8. The summed E-state index contributed by atoms with van der Waals surface area (Å²) < 4.78 is 21.5. The van der Waals surface area contributed by atoms with E-state index in [-0.39, 0.29) is 44.1 Å². The van der Waals surface area contributed by atoms with Gasteiger partial charge < -0.3 is 13.3 Å². The van der Waals surface area contributed by atoms with Gasteiger partial charge in [0.2, 0.25) is 0 Å². The van der Waals surface area contributed by atoms with Crippen molar-refractivity contribution < 1.29 is 18.1 Å². The summed E-state index contributed by atoms with van der Waals surface area (Å²) in [5.41, 5.74) is 1.67. The maximum atomic E-state index is 12.9. The molecule has 5 atom stereocenters.